The molecule has 17 atom stereocenters. The fraction of sp³-hybridized carbons (Fsp3) is 0.757. The number of nitrogens with one attached hydrogen (secondary N) is 9. The lowest BCUT2D eigenvalue weighted by Crippen LogP contribution is -2.51. The number of rotatable bonds is 86. The second kappa shape index (κ2) is 78.5. The van der Waals surface area contributed by atoms with Crippen LogP contribution < -0.4 is 99.9 Å². The van der Waals surface area contributed by atoms with Gasteiger partial charge in [-0.25, -0.2) is 4.98 Å². The number of aliphatic imine (C=N–C) groups is 4. The zero-order valence-electron chi connectivity index (χ0n) is 90.4. The highest BCUT2D eigenvalue weighted by Gasteiger charge is 2.41. The maximum atomic E-state index is 14.5. The highest BCUT2D eigenvalue weighted by Crippen LogP contribution is 2.29. The Morgan fingerprint density at radius 3 is 1.16 bits per heavy atom. The molecule has 1 heterocycles. The number of nitrogens with zero attached hydrogens (tertiary/aromatic N) is 5. The third kappa shape index (κ3) is 61.9. The second-order valence-corrected chi connectivity index (χ2v) is 40.4. The first-order chi connectivity index (χ1) is 69.9. The lowest BCUT2D eigenvalue weighted by atomic mass is 9.83. The van der Waals surface area contributed by atoms with Crippen LogP contribution in [0.1, 0.15) is 327 Å². The predicted octanol–water partition coefficient (Wildman–Crippen LogP) is 2.99. The van der Waals surface area contributed by atoms with Crippen molar-refractivity contribution in [1.29, 1.82) is 0 Å². The minimum absolute atomic E-state index is 0.0104. The maximum Gasteiger partial charge on any atom is 0.226 e. The van der Waals surface area contributed by atoms with E-state index < -0.39 is 248 Å². The highest BCUT2D eigenvalue weighted by atomic mass is 16.3. The molecule has 0 aromatic carbocycles. The molecular weight excluding hydrogens is 1910 g/mol. The van der Waals surface area contributed by atoms with E-state index in [1.165, 1.54) is 77.2 Å². The van der Waals surface area contributed by atoms with E-state index in [0.29, 0.717) is 57.2 Å². The predicted molar refractivity (Wildman–Crippen MR) is 568 cm³/mol. The fourth-order valence-electron chi connectivity index (χ4n) is 16.9. The van der Waals surface area contributed by atoms with Crippen LogP contribution in [-0.2, 0) is 92.7 Å². The molecule has 1 aromatic heterocycles. The molecule has 1 rings (SSSR count). The molecule has 0 spiro atoms. The minimum Gasteiger partial charge on any atom is -0.396 e. The highest BCUT2D eigenvalue weighted by molar-refractivity contribution is 6.01. The van der Waals surface area contributed by atoms with Crippen molar-refractivity contribution in [3.8, 4) is 0 Å². The van der Waals surface area contributed by atoms with Crippen LogP contribution in [0.3, 0.4) is 0 Å². The summed E-state index contributed by atoms with van der Waals surface area (Å²) in [5.74, 6) is -20.7. The number of H-pyrrole nitrogens is 1. The van der Waals surface area contributed by atoms with E-state index in [1.54, 1.807) is 48.5 Å². The van der Waals surface area contributed by atoms with Gasteiger partial charge < -0.3 is 120 Å². The number of nitrogens with two attached hydrogens (primary N) is 10. The number of aromatic amines is 1. The number of Topliss-reactive ketones (excluding diaryl/α,β-unsaturated/α-hetero) is 8. The van der Waals surface area contributed by atoms with Gasteiger partial charge in [-0.15, -0.1) is 0 Å². The van der Waals surface area contributed by atoms with Crippen LogP contribution in [0, 0.1) is 76.9 Å². The van der Waals surface area contributed by atoms with Crippen molar-refractivity contribution in [2.75, 3.05) is 59.1 Å². The van der Waals surface area contributed by atoms with Crippen molar-refractivity contribution >= 4 is 129 Å². The van der Waals surface area contributed by atoms with Gasteiger partial charge in [-0.3, -0.25) is 106 Å². The largest absolute Gasteiger partial charge is 0.396 e. The molecule has 0 radical (unpaired) electrons. The van der Waals surface area contributed by atoms with Gasteiger partial charge >= 0.3 is 0 Å². The third-order valence-corrected chi connectivity index (χ3v) is 26.4. The Morgan fingerprint density at radius 1 is 0.358 bits per heavy atom. The van der Waals surface area contributed by atoms with Crippen LogP contribution in [0.2, 0.25) is 0 Å². The number of primary amides is 2. The Bertz CT molecular complexity index is 4340. The lowest BCUT2D eigenvalue weighted by Gasteiger charge is -2.29. The molecule has 32 N–H and O–H groups in total. The van der Waals surface area contributed by atoms with Gasteiger partial charge in [-0.05, 0) is 106 Å². The molecule has 45 heteroatoms. The number of guanidine groups is 4. The van der Waals surface area contributed by atoms with Crippen molar-refractivity contribution in [2.45, 2.75) is 364 Å². The summed E-state index contributed by atoms with van der Waals surface area (Å²) in [5.41, 5.74) is 55.7. The molecule has 148 heavy (non-hydrogen) atoms. The summed E-state index contributed by atoms with van der Waals surface area (Å²) < 4.78 is 0. The Labute approximate surface area is 874 Å². The van der Waals surface area contributed by atoms with E-state index in [2.05, 4.69) is 79.4 Å². The van der Waals surface area contributed by atoms with Crippen LogP contribution >= 0.6 is 0 Å². The first kappa shape index (κ1) is 136. The average Bonchev–Trinajstić information content (AvgIpc) is 1.06. The number of ketones is 8. The standard InChI is InChI=1S/C59H101N15O14.C44H83N9O7/c1-10-32(6)40(25-49(81)45(29-76)70-35(9)77)56(87)71-42(16-14-18-68-59(64)65)46(78)23-38(28-75)55(86)72-43(19-31(4)5)47(79)21-36(15-13-17-67-58(62)63)54(85)73-44(26-51(60)83)48(80)24-41(33(7)11-2)57(88)74-52(34(8)12-3)50(82)22-37(53(61)84)20-39-27-66-30-69-39;1-5-6-7-8-9-10-11-12-13-14-15-16-17-22-40(58)51-29-37(56)28-35(31-54)41(59)52-30-36(55)27-34(21-19-24-50-44(47)48)42(60)53-38(25-32(2)3)39(57)26-33(4)20-18-23-49-43(45)46/h27,30-34,36-38,40-45,52,75-76H,10-26,28-29H2,1-9H3,(H2,60,83)(H2,61,84)(H,66,69)(H,70,77)(H,71,87)(H,72,86)(H,73,85)(H,74,88)(H4,62,63,67)(H4,64,65,68);32-35,38,54H,5-31H2,1-4H3,(H,51,58)(H,52,59)(H,53,60)(H4,45,46,49)(H4,47,48,50)/t32-,33-,34-,36+,37+,38-,40-,41-,42-,43-,44-,45-,52-;33-,34-,35+,38+/m01/s1. The van der Waals surface area contributed by atoms with Gasteiger partial charge in [-0.1, -0.05) is 179 Å². The van der Waals surface area contributed by atoms with Crippen molar-refractivity contribution in [2.24, 2.45) is 154 Å². The van der Waals surface area contributed by atoms with E-state index >= 15 is 0 Å². The second-order valence-electron chi connectivity index (χ2n) is 40.4. The van der Waals surface area contributed by atoms with E-state index in [0.717, 1.165) is 32.1 Å². The van der Waals surface area contributed by atoms with Gasteiger partial charge in [0.05, 0.1) is 93.6 Å². The van der Waals surface area contributed by atoms with Crippen molar-refractivity contribution in [1.82, 2.24) is 52.5 Å². The summed E-state index contributed by atoms with van der Waals surface area (Å²) in [6, 6.07) is -7.33. The molecule has 45 nitrogen and oxygen atoms in total. The molecule has 0 aliphatic rings. The van der Waals surface area contributed by atoms with Crippen LogP contribution in [0.5, 0.6) is 0 Å². The fourth-order valence-corrected chi connectivity index (χ4v) is 16.9. The number of amides is 10. The Balaban J connectivity index is 0.00000314. The van der Waals surface area contributed by atoms with Gasteiger partial charge in [0.25, 0.3) is 0 Å². The Kier molecular flexibility index (Phi) is 72.2. The van der Waals surface area contributed by atoms with Crippen molar-refractivity contribution < 1.29 is 102 Å². The van der Waals surface area contributed by atoms with E-state index in [1.807, 2.05) is 27.7 Å². The lowest BCUT2D eigenvalue weighted by molar-refractivity contribution is -0.138. The van der Waals surface area contributed by atoms with Gasteiger partial charge in [0.1, 0.15) is 6.04 Å². The Morgan fingerprint density at radius 2 is 0.736 bits per heavy atom. The van der Waals surface area contributed by atoms with Crippen LogP contribution in [0.25, 0.3) is 0 Å². The number of imidazole rings is 1. The normalized spacial score (nSPS) is 14.7. The first-order valence-electron chi connectivity index (χ1n) is 53.0. The third-order valence-electron chi connectivity index (χ3n) is 26.4. The quantitative estimate of drug-likeness (QED) is 0.0253. The van der Waals surface area contributed by atoms with Gasteiger partial charge in [-0.2, -0.15) is 0 Å². The molecule has 0 fully saturated rings. The molecule has 842 valence electrons. The Hall–Kier alpha value is -11.8. The topological polar surface area (TPSA) is 803 Å². The molecule has 0 aliphatic heterocycles. The SMILES string of the molecule is CCCCCCCCCCCCCCCC(=O)NCC(=O)C[C@@H](CO)C(=O)NCC(=O)C[C@@H](CCCN=C(N)N)C(=O)N[C@@H](CC(C)C)C(=O)C[C@H](C)CCCN=C(N)N.CC[C@H](C)[C@H](CC(=O)[C@H](CO)NC(C)=O)C(=O)N[C@@H](CCCN=C(N)N)C(=O)C[C@@H](CO)C(=O)N[C@@H](CC(C)C)C(=O)C[C@@H](CCCN=C(N)N)C(=O)N[C@@H](CC(N)=O)C(=O)C[C@H](C(=O)N[C@H](C(=O)C[C@@H](Cc1cnc[nH]1)C(N)=O)[C@@H](C)CC)[C@@H](C)CC. The summed E-state index contributed by atoms with van der Waals surface area (Å²) in [6.07, 6.45) is 19.5. The summed E-state index contributed by atoms with van der Waals surface area (Å²) in [5, 5.41) is 51.4. The zero-order valence-corrected chi connectivity index (χ0v) is 90.4. The van der Waals surface area contributed by atoms with Crippen LogP contribution in [-0.4, -0.2) is 250 Å². The summed E-state index contributed by atoms with van der Waals surface area (Å²) >= 11 is 0. The molecule has 0 saturated heterocycles. The van der Waals surface area contributed by atoms with Gasteiger partial charge in [0.2, 0.25) is 59.1 Å². The number of hydrogen-bond donors (Lipinski definition) is 22. The number of aliphatic hydroxyl groups excluding tert-OH is 3. The molecule has 0 bridgehead atoms. The first-order valence-corrected chi connectivity index (χ1v) is 53.0. The van der Waals surface area contributed by atoms with E-state index in [9.17, 15) is 102 Å². The average molecular weight is 2090 g/mol. The molecule has 0 unspecified atom stereocenters. The van der Waals surface area contributed by atoms with E-state index in [4.69, 9.17) is 57.3 Å². The molecular formula is C103H184N24O21. The molecule has 1 aromatic rings. The van der Waals surface area contributed by atoms with Crippen LogP contribution in [0.15, 0.2) is 32.5 Å². The smallest absolute Gasteiger partial charge is 0.226 e. The van der Waals surface area contributed by atoms with Crippen molar-refractivity contribution in [3.63, 3.8) is 0 Å². The molecule has 0 saturated carbocycles. The van der Waals surface area contributed by atoms with Gasteiger partial charge in [0.15, 0.2) is 70.1 Å². The number of carbonyl (C=O) groups is 18. The number of hydrogen-bond acceptors (Lipinski definition) is 26. The number of aliphatic hydroxyl groups is 3. The van der Waals surface area contributed by atoms with Crippen molar-refractivity contribution in [3.05, 3.63) is 18.2 Å². The monoisotopic (exact) mass is 2090 g/mol. The zero-order chi connectivity index (χ0) is 112. The van der Waals surface area contributed by atoms with Gasteiger partial charge in [0, 0.05) is 133 Å². The number of carbonyl (C=O) groups excluding carboxylic acids is 18. The number of aromatic nitrogens is 2. The maximum absolute atomic E-state index is 14.5. The molecule has 0 aliphatic carbocycles. The summed E-state index contributed by atoms with van der Waals surface area (Å²) in [4.78, 5) is 265. The summed E-state index contributed by atoms with van der Waals surface area (Å²) in [6.45, 7) is 21.2. The summed E-state index contributed by atoms with van der Waals surface area (Å²) in [7, 11) is 0. The van der Waals surface area contributed by atoms with Crippen LogP contribution in [0.4, 0.5) is 0 Å². The molecule has 10 amide bonds. The number of unbranched alkanes of at least 4 members (excludes halogenated alkanes) is 12. The minimum atomic E-state index is -1.60. The van der Waals surface area contributed by atoms with E-state index in [-0.39, 0.29) is 150 Å².